The molecule has 1 nitrogen and oxygen atoms in total. The first kappa shape index (κ1) is 13.8. The molecule has 0 fully saturated rings. The van der Waals surface area contributed by atoms with Gasteiger partial charge in [-0.05, 0) is 0 Å². The van der Waals surface area contributed by atoms with Crippen LogP contribution >= 0.6 is 23.8 Å². The molecule has 0 saturated heterocycles. The van der Waals surface area contributed by atoms with Gasteiger partial charge in [0.1, 0.15) is 0 Å². The summed E-state index contributed by atoms with van der Waals surface area (Å²) in [5.41, 5.74) is 0. The van der Waals surface area contributed by atoms with Crippen molar-refractivity contribution in [1.29, 1.82) is 0 Å². The molecule has 0 saturated carbocycles. The van der Waals surface area contributed by atoms with E-state index in [2.05, 4.69) is 23.8 Å². The van der Waals surface area contributed by atoms with Gasteiger partial charge in [-0.3, -0.25) is 0 Å². The Kier molecular flexibility index (Phi) is 16.0. The number of halogens is 2. The first-order valence-corrected chi connectivity index (χ1v) is 35.7. The second-order valence-corrected chi connectivity index (χ2v) is 24.8. The van der Waals surface area contributed by atoms with Crippen LogP contribution in [-0.4, -0.2) is 13.2 Å². The van der Waals surface area contributed by atoms with E-state index < -0.39 is 44.3 Å². The van der Waals surface area contributed by atoms with Crippen LogP contribution in [-0.2, 0) is 49.0 Å². The Morgan fingerprint density at radius 3 is 1.73 bits per heavy atom. The van der Waals surface area contributed by atoms with E-state index in [1.54, 1.807) is 0 Å². The second-order valence-electron chi connectivity index (χ2n) is 2.40. The van der Waals surface area contributed by atoms with Crippen LogP contribution in [0.25, 0.3) is 0 Å². The zero-order valence-electron chi connectivity index (χ0n) is 6.82. The predicted octanol–water partition coefficient (Wildman–Crippen LogP) is 3.40. The molecule has 0 N–H and O–H groups in total. The van der Waals surface area contributed by atoms with Gasteiger partial charge in [0.2, 0.25) is 0 Å². The molecule has 0 aliphatic rings. The summed E-state index contributed by atoms with van der Waals surface area (Å²) >= 11 is 6.24. The second kappa shape index (κ2) is 12.8. The Bertz CT molecular complexity index is 67.6. The van der Waals surface area contributed by atoms with E-state index in [0.29, 0.717) is 0 Å². The molecule has 0 aliphatic heterocycles. The van der Waals surface area contributed by atoms with Crippen LogP contribution in [0.1, 0.15) is 12.8 Å². The maximum atomic E-state index is 5.47. The standard InChI is InChI=1S/C6H12O.2BrH.2Hg/c1-3-5-7-6-4-2;;;;/h1-6H2;2*1H;;/q;;;2*+1/p-2. The Morgan fingerprint density at radius 1 is 0.909 bits per heavy atom. The molecule has 0 rings (SSSR count). The maximum absolute atomic E-state index is 5.47. The van der Waals surface area contributed by atoms with Crippen LogP contribution in [0.3, 0.4) is 0 Å². The molecule has 0 spiro atoms. The van der Waals surface area contributed by atoms with Gasteiger partial charge in [-0.1, -0.05) is 0 Å². The average Bonchev–Trinajstić information content (AvgIpc) is 2.03. The summed E-state index contributed by atoms with van der Waals surface area (Å²) in [5.74, 6) is 0. The van der Waals surface area contributed by atoms with E-state index in [1.165, 1.54) is 20.7 Å². The van der Waals surface area contributed by atoms with E-state index in [-0.39, 0.29) is 0 Å². The number of hydrogen-bond acceptors (Lipinski definition) is 1. The van der Waals surface area contributed by atoms with Crippen LogP contribution in [0.2, 0.25) is 7.86 Å². The summed E-state index contributed by atoms with van der Waals surface area (Å²) in [6.07, 6.45) is 2.59. The monoisotopic (exact) mass is 662 g/mol. The molecule has 0 unspecified atom stereocenters. The fraction of sp³-hybridized carbons (Fsp3) is 1.00. The van der Waals surface area contributed by atoms with Gasteiger partial charge in [-0.25, -0.2) is 0 Å². The molecule has 0 atom stereocenters. The third-order valence-electron chi connectivity index (χ3n) is 1.34. The molecule has 0 aromatic carbocycles. The van der Waals surface area contributed by atoms with Gasteiger partial charge in [0, 0.05) is 0 Å². The Hall–Kier alpha value is 2.79. The fourth-order valence-corrected chi connectivity index (χ4v) is 10.7. The molecular formula is C6H12Br2Hg2O. The van der Waals surface area contributed by atoms with Crippen molar-refractivity contribution < 1.29 is 49.0 Å². The summed E-state index contributed by atoms with van der Waals surface area (Å²) in [4.78, 5) is 0. The van der Waals surface area contributed by atoms with E-state index in [9.17, 15) is 0 Å². The summed E-state index contributed by atoms with van der Waals surface area (Å²) in [6.45, 7) is 2.01. The predicted molar refractivity (Wildman–Crippen MR) is 47.5 cm³/mol. The van der Waals surface area contributed by atoms with Crippen molar-refractivity contribution in [2.75, 3.05) is 13.2 Å². The first-order valence-electron chi connectivity index (χ1n) is 4.11. The molecule has 0 heterocycles. The zero-order chi connectivity index (χ0) is 8.36. The molecule has 0 bridgehead atoms. The fourth-order valence-electron chi connectivity index (χ4n) is 0.699. The van der Waals surface area contributed by atoms with Gasteiger partial charge in [-0.2, -0.15) is 0 Å². The SMILES string of the molecule is [Br][Hg][CH2]CCOCC[CH2][Hg][Br]. The summed E-state index contributed by atoms with van der Waals surface area (Å²) in [5, 5.41) is 0. The molecular weight excluding hydrogens is 649 g/mol. The third kappa shape index (κ3) is 12.8. The van der Waals surface area contributed by atoms with Gasteiger partial charge < -0.3 is 0 Å². The minimum absolute atomic E-state index is 0.494. The molecule has 11 heavy (non-hydrogen) atoms. The topological polar surface area (TPSA) is 9.23 Å². The van der Waals surface area contributed by atoms with Crippen molar-refractivity contribution in [3.63, 3.8) is 0 Å². The Balaban J connectivity index is 2.69. The average molecular weight is 661 g/mol. The molecule has 60 valence electrons. The molecule has 0 radical (unpaired) electrons. The van der Waals surface area contributed by atoms with Crippen molar-refractivity contribution in [2.45, 2.75) is 20.7 Å². The number of rotatable bonds is 8. The van der Waals surface area contributed by atoms with Gasteiger partial charge >= 0.3 is 107 Å². The molecule has 5 heteroatoms. The van der Waals surface area contributed by atoms with Gasteiger partial charge in [-0.15, -0.1) is 0 Å². The van der Waals surface area contributed by atoms with E-state index in [1.807, 2.05) is 0 Å². The van der Waals surface area contributed by atoms with Crippen molar-refractivity contribution >= 4 is 23.8 Å². The van der Waals surface area contributed by atoms with E-state index in [0.717, 1.165) is 13.2 Å². The van der Waals surface area contributed by atoms with Crippen molar-refractivity contribution in [1.82, 2.24) is 0 Å². The molecule has 0 aromatic rings. The number of hydrogen-bond donors (Lipinski definition) is 0. The molecule has 0 amide bonds. The zero-order valence-corrected chi connectivity index (χ0v) is 21.0. The minimum atomic E-state index is -0.494. The van der Waals surface area contributed by atoms with Crippen molar-refractivity contribution in [2.24, 2.45) is 0 Å². The molecule has 0 aliphatic carbocycles. The van der Waals surface area contributed by atoms with Crippen molar-refractivity contribution in [3.05, 3.63) is 0 Å². The van der Waals surface area contributed by atoms with Crippen LogP contribution in [0.15, 0.2) is 0 Å². The van der Waals surface area contributed by atoms with Crippen LogP contribution < -0.4 is 0 Å². The van der Waals surface area contributed by atoms with Gasteiger partial charge in [0.05, 0.1) is 0 Å². The third-order valence-corrected chi connectivity index (χ3v) is 17.2. The quantitative estimate of drug-likeness (QED) is 0.287. The van der Waals surface area contributed by atoms with Crippen LogP contribution in [0.5, 0.6) is 0 Å². The van der Waals surface area contributed by atoms with E-state index in [4.69, 9.17) is 4.74 Å². The summed E-state index contributed by atoms with van der Waals surface area (Å²) in [6, 6.07) is 0. The van der Waals surface area contributed by atoms with Gasteiger partial charge in [0.25, 0.3) is 0 Å². The van der Waals surface area contributed by atoms with Crippen LogP contribution in [0, 0.1) is 0 Å². The summed E-state index contributed by atoms with van der Waals surface area (Å²) in [7, 11) is 0. The molecule has 0 aromatic heterocycles. The Labute approximate surface area is 105 Å². The van der Waals surface area contributed by atoms with E-state index >= 15 is 0 Å². The normalized spacial score (nSPS) is 8.91. The van der Waals surface area contributed by atoms with Crippen molar-refractivity contribution in [3.8, 4) is 0 Å². The van der Waals surface area contributed by atoms with Crippen LogP contribution in [0.4, 0.5) is 0 Å². The number of ether oxygens (including phenoxy) is 1. The first-order chi connectivity index (χ1) is 5.41. The van der Waals surface area contributed by atoms with Gasteiger partial charge in [0.15, 0.2) is 0 Å². The Morgan fingerprint density at radius 2 is 1.36 bits per heavy atom. The summed E-state index contributed by atoms with van der Waals surface area (Å²) < 4.78 is 8.38.